The largest absolute Gasteiger partial charge is 0.382 e. The minimum atomic E-state index is -0.548. The Labute approximate surface area is 243 Å². The monoisotopic (exact) mass is 561 g/mol. The quantitative estimate of drug-likeness (QED) is 0.226. The highest BCUT2D eigenvalue weighted by Gasteiger charge is 2.27. The third-order valence-electron chi connectivity index (χ3n) is 7.70. The number of carbonyl (C=O) groups excluding carboxylic acids is 1. The molecule has 0 radical (unpaired) electrons. The van der Waals surface area contributed by atoms with Gasteiger partial charge in [0.15, 0.2) is 11.4 Å². The molecule has 4 heterocycles. The number of nitrogens with two attached hydrogens (primary N) is 1. The average molecular weight is 562 g/mol. The van der Waals surface area contributed by atoms with Gasteiger partial charge in [0.05, 0.1) is 23.6 Å². The highest BCUT2D eigenvalue weighted by atomic mass is 16.5. The molecule has 212 valence electrons. The van der Waals surface area contributed by atoms with Gasteiger partial charge in [-0.2, -0.15) is 0 Å². The van der Waals surface area contributed by atoms with Crippen LogP contribution in [-0.4, -0.2) is 32.8 Å². The molecule has 1 aliphatic rings. The Morgan fingerprint density at radius 1 is 1.14 bits per heavy atom. The molecule has 2 aromatic carbocycles. The van der Waals surface area contributed by atoms with Crippen molar-refractivity contribution in [3.05, 3.63) is 100 Å². The van der Waals surface area contributed by atoms with Crippen molar-refractivity contribution in [3.8, 4) is 17.5 Å². The summed E-state index contributed by atoms with van der Waals surface area (Å²) in [4.78, 5) is 32.1. The molecule has 9 nitrogen and oxygen atoms in total. The van der Waals surface area contributed by atoms with Crippen LogP contribution in [0, 0.1) is 17.8 Å². The molecule has 0 saturated carbocycles. The van der Waals surface area contributed by atoms with E-state index in [2.05, 4.69) is 41.1 Å². The van der Waals surface area contributed by atoms with E-state index in [1.807, 2.05) is 61.5 Å². The van der Waals surface area contributed by atoms with Gasteiger partial charge in [0.25, 0.3) is 11.5 Å². The third kappa shape index (κ3) is 5.13. The smallest absolute Gasteiger partial charge is 0.362 e. The van der Waals surface area contributed by atoms with Crippen molar-refractivity contribution in [2.75, 3.05) is 5.73 Å². The summed E-state index contributed by atoms with van der Waals surface area (Å²) < 4.78 is 9.12. The molecule has 5 aromatic rings. The van der Waals surface area contributed by atoms with Crippen LogP contribution in [0.25, 0.3) is 22.1 Å². The van der Waals surface area contributed by atoms with E-state index in [1.54, 1.807) is 27.5 Å². The lowest BCUT2D eigenvalue weighted by Crippen LogP contribution is -2.33. The summed E-state index contributed by atoms with van der Waals surface area (Å²) in [6, 6.07) is 18.3. The molecule has 0 spiro atoms. The number of ether oxygens (including phenoxy) is 1. The van der Waals surface area contributed by atoms with E-state index >= 15 is 0 Å². The van der Waals surface area contributed by atoms with E-state index in [1.165, 1.54) is 0 Å². The van der Waals surface area contributed by atoms with E-state index in [0.29, 0.717) is 28.0 Å². The number of aromatic amines is 1. The van der Waals surface area contributed by atoms with Gasteiger partial charge in [-0.25, -0.2) is 5.10 Å². The molecule has 3 unspecified atom stereocenters. The Hall–Kier alpha value is -4.94. The highest BCUT2D eigenvalue weighted by molar-refractivity contribution is 6.03. The lowest BCUT2D eigenvalue weighted by atomic mass is 9.92. The number of aromatic nitrogens is 4. The first kappa shape index (κ1) is 27.2. The number of carbonyl (C=O) groups is 1. The molecule has 4 N–H and O–H groups in total. The number of hydrogen-bond donors (Lipinski definition) is 3. The maximum Gasteiger partial charge on any atom is 0.362 e. The summed E-state index contributed by atoms with van der Waals surface area (Å²) in [5, 5.41) is 7.27. The van der Waals surface area contributed by atoms with Crippen LogP contribution in [0.3, 0.4) is 0 Å². The van der Waals surface area contributed by atoms with Gasteiger partial charge in [-0.05, 0) is 68.2 Å². The number of nitrogens with one attached hydrogen (secondary N) is 2. The average Bonchev–Trinajstić information content (AvgIpc) is 3.31. The number of para-hydroxylation sites is 1. The van der Waals surface area contributed by atoms with Gasteiger partial charge < -0.3 is 15.8 Å². The van der Waals surface area contributed by atoms with Crippen LogP contribution < -0.4 is 21.1 Å². The topological polar surface area (TPSA) is 119 Å². The molecule has 0 bridgehead atoms. The van der Waals surface area contributed by atoms with Crippen LogP contribution in [0.2, 0.25) is 0 Å². The van der Waals surface area contributed by atoms with E-state index in [0.717, 1.165) is 18.2 Å². The molecule has 3 atom stereocenters. The summed E-state index contributed by atoms with van der Waals surface area (Å²) in [6.45, 7) is 6.00. The Morgan fingerprint density at radius 2 is 1.90 bits per heavy atom. The molecular weight excluding hydrogens is 528 g/mol. The minimum Gasteiger partial charge on any atom is -0.382 e. The van der Waals surface area contributed by atoms with Crippen LogP contribution >= 0.6 is 0 Å². The van der Waals surface area contributed by atoms with Crippen molar-refractivity contribution in [3.63, 3.8) is 0 Å². The number of nitrogens with zero attached hydrogens (tertiary/aromatic N) is 3. The number of anilines is 1. The standard InChI is InChI=1S/C33H32N6O3/c1-20-17-23(18-21(2)42-20)13-14-24-9-7-10-25-19-27(39(33(41)28(24)25)26-11-5-4-6-12-26)22(3)36-32(40)29-30(34)37-38-16-8-15-35-31(29)38/h4-12,15-16,19-23H,17-18H2,1-3H3,(H3,34,36,37,40)/p+1. The minimum absolute atomic E-state index is 0.157. The first-order valence-electron chi connectivity index (χ1n) is 14.2. The lowest BCUT2D eigenvalue weighted by Gasteiger charge is -2.29. The van der Waals surface area contributed by atoms with Crippen LogP contribution in [0.5, 0.6) is 0 Å². The predicted octanol–water partition coefficient (Wildman–Crippen LogP) is 4.08. The first-order valence-corrected chi connectivity index (χ1v) is 14.2. The summed E-state index contributed by atoms with van der Waals surface area (Å²) in [5.74, 6) is 6.75. The first-order chi connectivity index (χ1) is 20.3. The predicted molar refractivity (Wildman–Crippen MR) is 161 cm³/mol. The molecule has 1 aliphatic heterocycles. The summed E-state index contributed by atoms with van der Waals surface area (Å²) in [5.41, 5.74) is 8.62. The molecule has 0 aliphatic carbocycles. The van der Waals surface area contributed by atoms with Crippen molar-refractivity contribution in [2.24, 2.45) is 5.92 Å². The fourth-order valence-electron chi connectivity index (χ4n) is 5.87. The number of fused-ring (bicyclic) bond motifs is 2. The number of nitrogen functional groups attached to an aromatic ring is 1. The van der Waals surface area contributed by atoms with Crippen molar-refractivity contribution < 1.29 is 14.0 Å². The van der Waals surface area contributed by atoms with Crippen molar-refractivity contribution in [2.45, 2.75) is 51.9 Å². The van der Waals surface area contributed by atoms with Crippen LogP contribution in [0.1, 0.15) is 61.3 Å². The van der Waals surface area contributed by atoms with Crippen molar-refractivity contribution in [1.29, 1.82) is 0 Å². The zero-order valence-electron chi connectivity index (χ0n) is 23.8. The Balaban J connectivity index is 1.43. The number of amides is 1. The fourth-order valence-corrected chi connectivity index (χ4v) is 5.87. The normalized spacial score (nSPS) is 19.3. The second-order valence-electron chi connectivity index (χ2n) is 10.9. The van der Waals surface area contributed by atoms with Crippen molar-refractivity contribution >= 4 is 28.1 Å². The molecule has 1 amide bonds. The third-order valence-corrected chi connectivity index (χ3v) is 7.70. The molecule has 6 rings (SSSR count). The number of pyridine rings is 1. The van der Waals surface area contributed by atoms with Gasteiger partial charge in [0.2, 0.25) is 0 Å². The number of H-pyrrole nitrogens is 1. The van der Waals surface area contributed by atoms with Gasteiger partial charge in [-0.3, -0.25) is 14.2 Å². The van der Waals surface area contributed by atoms with Gasteiger partial charge in [-0.15, -0.1) is 4.52 Å². The van der Waals surface area contributed by atoms with E-state index in [-0.39, 0.29) is 35.1 Å². The Morgan fingerprint density at radius 3 is 2.67 bits per heavy atom. The number of hydrogen-bond acceptors (Lipinski definition) is 5. The Kier molecular flexibility index (Phi) is 7.23. The molecule has 9 heteroatoms. The second-order valence-corrected chi connectivity index (χ2v) is 10.9. The van der Waals surface area contributed by atoms with E-state index in [9.17, 15) is 9.59 Å². The fraction of sp³-hybridized carbons (Fsp3) is 0.273. The zero-order chi connectivity index (χ0) is 29.4. The Bertz CT molecular complexity index is 1910. The molecule has 1 saturated heterocycles. The maximum atomic E-state index is 14.3. The van der Waals surface area contributed by atoms with Gasteiger partial charge in [0.1, 0.15) is 12.4 Å². The van der Waals surface area contributed by atoms with Crippen LogP contribution in [0.15, 0.2) is 77.9 Å². The van der Waals surface area contributed by atoms with Crippen LogP contribution in [0.4, 0.5) is 5.82 Å². The lowest BCUT2D eigenvalue weighted by molar-refractivity contribution is -0.577. The summed E-state index contributed by atoms with van der Waals surface area (Å²) in [7, 11) is 0. The zero-order valence-corrected chi connectivity index (χ0v) is 23.8. The number of benzene rings is 2. The van der Waals surface area contributed by atoms with Gasteiger partial charge in [0, 0.05) is 28.9 Å². The SMILES string of the molecule is CC1CC(C#Cc2cccc3cc(C(C)NC(=O)c4c(N)[nH][n+]5cccnc45)n(-c4ccccc4)c(=O)c23)CC(C)O1. The van der Waals surface area contributed by atoms with Crippen LogP contribution in [-0.2, 0) is 4.74 Å². The molecular formula is C33H33N6O3+. The van der Waals surface area contributed by atoms with Gasteiger partial charge in [-0.1, -0.05) is 42.2 Å². The van der Waals surface area contributed by atoms with Gasteiger partial charge >= 0.3 is 5.65 Å². The molecule has 42 heavy (non-hydrogen) atoms. The maximum absolute atomic E-state index is 14.3. The summed E-state index contributed by atoms with van der Waals surface area (Å²) >= 11 is 0. The van der Waals surface area contributed by atoms with E-state index in [4.69, 9.17) is 10.5 Å². The van der Waals surface area contributed by atoms with E-state index < -0.39 is 11.9 Å². The number of rotatable bonds is 4. The summed E-state index contributed by atoms with van der Waals surface area (Å²) in [6.07, 6.45) is 5.38. The van der Waals surface area contributed by atoms with Crippen molar-refractivity contribution in [1.82, 2.24) is 20.0 Å². The molecule has 1 fully saturated rings. The molecule has 3 aromatic heterocycles. The second kappa shape index (κ2) is 11.1. The highest BCUT2D eigenvalue weighted by Crippen LogP contribution is 2.26.